The molecule has 2 heterocycles. The Kier molecular flexibility index (Phi) is 5.91. The topological polar surface area (TPSA) is 73.1 Å². The van der Waals surface area contributed by atoms with E-state index in [4.69, 9.17) is 4.74 Å². The predicted molar refractivity (Wildman–Crippen MR) is 96.0 cm³/mol. The second kappa shape index (κ2) is 8.33. The molecule has 0 bridgehead atoms. The fourth-order valence-electron chi connectivity index (χ4n) is 2.96. The van der Waals surface area contributed by atoms with Crippen molar-refractivity contribution in [2.24, 2.45) is 5.92 Å². The van der Waals surface area contributed by atoms with Crippen molar-refractivity contribution in [2.45, 2.75) is 31.8 Å². The SMILES string of the molecule is CCOc1ccccc1-n1nnnc1SCC(=O)N1CCC[C@H](C)C1. The van der Waals surface area contributed by atoms with Crippen molar-refractivity contribution in [1.29, 1.82) is 0 Å². The largest absolute Gasteiger partial charge is 0.492 e. The summed E-state index contributed by atoms with van der Waals surface area (Å²) in [6.45, 7) is 6.38. The summed E-state index contributed by atoms with van der Waals surface area (Å²) in [6.07, 6.45) is 2.28. The lowest BCUT2D eigenvalue weighted by Crippen LogP contribution is -2.40. The highest BCUT2D eigenvalue weighted by molar-refractivity contribution is 7.99. The van der Waals surface area contributed by atoms with Gasteiger partial charge in [-0.1, -0.05) is 30.8 Å². The van der Waals surface area contributed by atoms with Crippen LogP contribution >= 0.6 is 11.8 Å². The van der Waals surface area contributed by atoms with E-state index in [1.165, 1.54) is 18.2 Å². The Morgan fingerprint density at radius 1 is 1.40 bits per heavy atom. The number of benzene rings is 1. The Balaban J connectivity index is 1.69. The third-order valence-corrected chi connectivity index (χ3v) is 5.07. The highest BCUT2D eigenvalue weighted by Gasteiger charge is 2.22. The molecular weight excluding hydrogens is 338 g/mol. The molecule has 7 nitrogen and oxygen atoms in total. The molecule has 0 spiro atoms. The van der Waals surface area contributed by atoms with Crippen LogP contribution in [-0.4, -0.2) is 56.5 Å². The number of tetrazole rings is 1. The minimum Gasteiger partial charge on any atom is -0.492 e. The molecule has 8 heteroatoms. The van der Waals surface area contributed by atoms with Crippen molar-refractivity contribution in [3.05, 3.63) is 24.3 Å². The van der Waals surface area contributed by atoms with Crippen LogP contribution < -0.4 is 4.74 Å². The van der Waals surface area contributed by atoms with E-state index in [1.54, 1.807) is 4.68 Å². The van der Waals surface area contributed by atoms with Gasteiger partial charge in [-0.25, -0.2) is 0 Å². The molecule has 1 amide bonds. The van der Waals surface area contributed by atoms with Crippen molar-refractivity contribution in [1.82, 2.24) is 25.1 Å². The van der Waals surface area contributed by atoms with Gasteiger partial charge in [0, 0.05) is 13.1 Å². The van der Waals surface area contributed by atoms with Crippen molar-refractivity contribution >= 4 is 17.7 Å². The van der Waals surface area contributed by atoms with Crippen LogP contribution in [0.1, 0.15) is 26.7 Å². The number of amides is 1. The number of piperidine rings is 1. The maximum Gasteiger partial charge on any atom is 0.233 e. The minimum absolute atomic E-state index is 0.143. The zero-order valence-electron chi connectivity index (χ0n) is 14.6. The van der Waals surface area contributed by atoms with E-state index >= 15 is 0 Å². The number of carbonyl (C=O) groups is 1. The first-order valence-corrected chi connectivity index (χ1v) is 9.58. The zero-order valence-corrected chi connectivity index (χ0v) is 15.4. The average Bonchev–Trinajstić information content (AvgIpc) is 3.09. The van der Waals surface area contributed by atoms with E-state index in [9.17, 15) is 4.79 Å². The van der Waals surface area contributed by atoms with Gasteiger partial charge in [0.2, 0.25) is 11.1 Å². The first kappa shape index (κ1) is 17.7. The molecule has 1 aliphatic heterocycles. The van der Waals surface area contributed by atoms with Crippen LogP contribution in [0.4, 0.5) is 0 Å². The zero-order chi connectivity index (χ0) is 17.6. The number of nitrogens with zero attached hydrogens (tertiary/aromatic N) is 5. The van der Waals surface area contributed by atoms with Crippen LogP contribution in [0.25, 0.3) is 5.69 Å². The molecule has 0 radical (unpaired) electrons. The van der Waals surface area contributed by atoms with Crippen molar-refractivity contribution in [3.8, 4) is 11.4 Å². The fourth-order valence-corrected chi connectivity index (χ4v) is 3.75. The smallest absolute Gasteiger partial charge is 0.233 e. The summed E-state index contributed by atoms with van der Waals surface area (Å²) in [5, 5.41) is 12.5. The summed E-state index contributed by atoms with van der Waals surface area (Å²) < 4.78 is 7.27. The lowest BCUT2D eigenvalue weighted by atomic mass is 10.0. The van der Waals surface area contributed by atoms with Gasteiger partial charge in [0.1, 0.15) is 11.4 Å². The number of thioether (sulfide) groups is 1. The normalized spacial score (nSPS) is 17.5. The molecule has 0 N–H and O–H groups in total. The van der Waals surface area contributed by atoms with Crippen LogP contribution in [0.2, 0.25) is 0 Å². The Morgan fingerprint density at radius 3 is 3.04 bits per heavy atom. The predicted octanol–water partition coefficient (Wildman–Crippen LogP) is 2.41. The Bertz CT molecular complexity index is 721. The third kappa shape index (κ3) is 4.31. The lowest BCUT2D eigenvalue weighted by molar-refractivity contribution is -0.130. The maximum atomic E-state index is 12.5. The van der Waals surface area contributed by atoms with E-state index in [0.717, 1.165) is 30.9 Å². The van der Waals surface area contributed by atoms with Crippen molar-refractivity contribution in [2.75, 3.05) is 25.4 Å². The maximum absolute atomic E-state index is 12.5. The lowest BCUT2D eigenvalue weighted by Gasteiger charge is -2.30. The summed E-state index contributed by atoms with van der Waals surface area (Å²) in [5.74, 6) is 1.77. The Morgan fingerprint density at radius 2 is 2.24 bits per heavy atom. The van der Waals surface area contributed by atoms with Crippen LogP contribution in [0.15, 0.2) is 29.4 Å². The third-order valence-electron chi connectivity index (χ3n) is 4.17. The van der Waals surface area contributed by atoms with Gasteiger partial charge < -0.3 is 9.64 Å². The van der Waals surface area contributed by atoms with Crippen molar-refractivity contribution < 1.29 is 9.53 Å². The fraction of sp³-hybridized carbons (Fsp3) is 0.529. The van der Waals surface area contributed by atoms with E-state index in [1.807, 2.05) is 36.1 Å². The molecule has 1 aliphatic rings. The molecule has 2 aromatic rings. The van der Waals surface area contributed by atoms with Gasteiger partial charge in [0.05, 0.1) is 12.4 Å². The molecule has 0 aliphatic carbocycles. The summed E-state index contributed by atoms with van der Waals surface area (Å²) in [4.78, 5) is 14.4. The van der Waals surface area contributed by atoms with Crippen LogP contribution in [0.3, 0.4) is 0 Å². The summed E-state index contributed by atoms with van der Waals surface area (Å²) in [7, 11) is 0. The van der Waals surface area contributed by atoms with E-state index in [0.29, 0.717) is 23.4 Å². The average molecular weight is 361 g/mol. The van der Waals surface area contributed by atoms with Gasteiger partial charge in [-0.05, 0) is 48.2 Å². The molecule has 1 aromatic heterocycles. The van der Waals surface area contributed by atoms with Gasteiger partial charge in [-0.15, -0.1) is 5.10 Å². The molecule has 3 rings (SSSR count). The van der Waals surface area contributed by atoms with Crippen LogP contribution in [-0.2, 0) is 4.79 Å². The van der Waals surface area contributed by atoms with E-state index in [2.05, 4.69) is 22.4 Å². The van der Waals surface area contributed by atoms with Gasteiger partial charge in [-0.2, -0.15) is 4.68 Å². The number of aromatic nitrogens is 4. The first-order chi connectivity index (χ1) is 12.2. The molecule has 0 saturated carbocycles. The summed E-state index contributed by atoms with van der Waals surface area (Å²) in [6, 6.07) is 7.61. The van der Waals surface area contributed by atoms with Gasteiger partial charge in [0.15, 0.2) is 0 Å². The highest BCUT2D eigenvalue weighted by Crippen LogP contribution is 2.26. The number of para-hydroxylation sites is 2. The van der Waals surface area contributed by atoms with Crippen LogP contribution in [0.5, 0.6) is 5.75 Å². The molecule has 134 valence electrons. The number of hydrogen-bond acceptors (Lipinski definition) is 6. The number of hydrogen-bond donors (Lipinski definition) is 0. The van der Waals surface area contributed by atoms with E-state index < -0.39 is 0 Å². The number of ether oxygens (including phenoxy) is 1. The Hall–Kier alpha value is -2.09. The highest BCUT2D eigenvalue weighted by atomic mass is 32.2. The number of carbonyl (C=O) groups excluding carboxylic acids is 1. The van der Waals surface area contributed by atoms with Gasteiger partial charge in [-0.3, -0.25) is 4.79 Å². The van der Waals surface area contributed by atoms with Crippen molar-refractivity contribution in [3.63, 3.8) is 0 Å². The monoisotopic (exact) mass is 361 g/mol. The molecular formula is C17H23N5O2S. The molecule has 1 fully saturated rings. The summed E-state index contributed by atoms with van der Waals surface area (Å²) >= 11 is 1.36. The quantitative estimate of drug-likeness (QED) is 0.736. The molecule has 1 saturated heterocycles. The minimum atomic E-state index is 0.143. The first-order valence-electron chi connectivity index (χ1n) is 8.60. The molecule has 0 unspecified atom stereocenters. The molecule has 1 aromatic carbocycles. The molecule has 25 heavy (non-hydrogen) atoms. The Labute approximate surface area is 151 Å². The summed E-state index contributed by atoms with van der Waals surface area (Å²) in [5.41, 5.74) is 0.774. The second-order valence-electron chi connectivity index (χ2n) is 6.15. The van der Waals surface area contributed by atoms with Gasteiger partial charge >= 0.3 is 0 Å². The standard InChI is InChI=1S/C17H23N5O2S/c1-3-24-15-9-5-4-8-14(15)22-17(18-19-20-22)25-12-16(23)21-10-6-7-13(2)11-21/h4-5,8-9,13H,3,6-7,10-12H2,1-2H3/t13-/m0/s1. The number of rotatable bonds is 6. The van der Waals surface area contributed by atoms with Crippen LogP contribution in [0, 0.1) is 5.92 Å². The second-order valence-corrected chi connectivity index (χ2v) is 7.09. The number of likely N-dealkylation sites (tertiary alicyclic amines) is 1. The molecule has 1 atom stereocenters. The van der Waals surface area contributed by atoms with Gasteiger partial charge in [0.25, 0.3) is 0 Å². The van der Waals surface area contributed by atoms with E-state index in [-0.39, 0.29) is 5.91 Å².